The minimum atomic E-state index is -3.60. The summed E-state index contributed by atoms with van der Waals surface area (Å²) in [7, 11) is -3.60. The van der Waals surface area contributed by atoms with E-state index in [-0.39, 0.29) is 0 Å². The first-order valence-electron chi connectivity index (χ1n) is 10.8. The Kier molecular flexibility index (Phi) is 5.95. The Morgan fingerprint density at radius 1 is 0.871 bits per heavy atom. The van der Waals surface area contributed by atoms with E-state index in [4.69, 9.17) is 4.74 Å². The van der Waals surface area contributed by atoms with Gasteiger partial charge in [-0.2, -0.15) is 4.31 Å². The number of aryl methyl sites for hydroxylation is 3. The molecule has 0 aliphatic carbocycles. The van der Waals surface area contributed by atoms with Crippen LogP contribution in [0.2, 0.25) is 0 Å². The molecule has 0 bridgehead atoms. The van der Waals surface area contributed by atoms with Crippen LogP contribution in [-0.2, 0) is 10.0 Å². The summed E-state index contributed by atoms with van der Waals surface area (Å²) in [5, 5.41) is 1.54. The molecule has 1 fully saturated rings. The number of piperazine rings is 1. The van der Waals surface area contributed by atoms with E-state index in [9.17, 15) is 8.42 Å². The van der Waals surface area contributed by atoms with Crippen LogP contribution in [0.5, 0.6) is 5.75 Å². The summed E-state index contributed by atoms with van der Waals surface area (Å²) in [6, 6.07) is 15.4. The molecule has 0 spiro atoms. The van der Waals surface area contributed by atoms with Gasteiger partial charge in [-0.3, -0.25) is 0 Å². The summed E-state index contributed by atoms with van der Waals surface area (Å²) in [6.07, 6.45) is 0. The first-order chi connectivity index (χ1) is 14.8. The minimum absolute atomic E-state index is 0.350. The van der Waals surface area contributed by atoms with Gasteiger partial charge in [-0.05, 0) is 51.0 Å². The van der Waals surface area contributed by atoms with Crippen molar-refractivity contribution in [3.05, 3.63) is 65.2 Å². The van der Waals surface area contributed by atoms with E-state index < -0.39 is 10.0 Å². The maximum atomic E-state index is 13.6. The van der Waals surface area contributed by atoms with Gasteiger partial charge < -0.3 is 9.64 Å². The van der Waals surface area contributed by atoms with E-state index in [1.165, 1.54) is 22.4 Å². The Morgan fingerprint density at radius 2 is 1.48 bits per heavy atom. The number of anilines is 1. The molecule has 164 valence electrons. The third-order valence-electron chi connectivity index (χ3n) is 5.95. The van der Waals surface area contributed by atoms with Gasteiger partial charge in [-0.15, -0.1) is 0 Å². The van der Waals surface area contributed by atoms with Gasteiger partial charge >= 0.3 is 0 Å². The maximum Gasteiger partial charge on any atom is 0.243 e. The highest BCUT2D eigenvalue weighted by Gasteiger charge is 2.31. The van der Waals surface area contributed by atoms with E-state index in [1.807, 2.05) is 31.2 Å². The zero-order valence-corrected chi connectivity index (χ0v) is 19.5. The molecule has 0 atom stereocenters. The van der Waals surface area contributed by atoms with E-state index in [0.29, 0.717) is 48.8 Å². The molecule has 3 aromatic rings. The highest BCUT2D eigenvalue weighted by Crippen LogP contribution is 2.34. The van der Waals surface area contributed by atoms with E-state index in [2.05, 4.69) is 37.8 Å². The fourth-order valence-corrected chi connectivity index (χ4v) is 6.33. The number of benzene rings is 3. The zero-order chi connectivity index (χ0) is 22.2. The van der Waals surface area contributed by atoms with Crippen molar-refractivity contribution in [3.63, 3.8) is 0 Å². The molecule has 3 aromatic carbocycles. The lowest BCUT2D eigenvalue weighted by Gasteiger charge is -2.37. The van der Waals surface area contributed by atoms with E-state index in [0.717, 1.165) is 5.39 Å². The number of rotatable bonds is 5. The van der Waals surface area contributed by atoms with Crippen LogP contribution in [0.1, 0.15) is 23.6 Å². The fraction of sp³-hybridized carbons (Fsp3) is 0.360. The van der Waals surface area contributed by atoms with Crippen molar-refractivity contribution in [2.45, 2.75) is 32.6 Å². The van der Waals surface area contributed by atoms with Gasteiger partial charge in [0.2, 0.25) is 10.0 Å². The van der Waals surface area contributed by atoms with Crippen molar-refractivity contribution in [1.29, 1.82) is 0 Å². The summed E-state index contributed by atoms with van der Waals surface area (Å²) in [5.74, 6) is 0.715. The molecule has 6 heteroatoms. The van der Waals surface area contributed by atoms with Gasteiger partial charge in [0.1, 0.15) is 5.75 Å². The molecule has 0 N–H and O–H groups in total. The highest BCUT2D eigenvalue weighted by atomic mass is 32.2. The van der Waals surface area contributed by atoms with Crippen LogP contribution in [0, 0.1) is 20.8 Å². The van der Waals surface area contributed by atoms with Crippen molar-refractivity contribution >= 4 is 26.5 Å². The van der Waals surface area contributed by atoms with Gasteiger partial charge in [0.15, 0.2) is 0 Å². The summed E-state index contributed by atoms with van der Waals surface area (Å²) >= 11 is 0. The Morgan fingerprint density at radius 3 is 2.10 bits per heavy atom. The molecule has 31 heavy (non-hydrogen) atoms. The number of ether oxygens (including phenoxy) is 1. The molecule has 0 aromatic heterocycles. The fourth-order valence-electron chi connectivity index (χ4n) is 4.71. The Balaban J connectivity index is 1.62. The predicted molar refractivity (Wildman–Crippen MR) is 127 cm³/mol. The highest BCUT2D eigenvalue weighted by molar-refractivity contribution is 7.89. The van der Waals surface area contributed by atoms with Gasteiger partial charge in [0, 0.05) is 42.6 Å². The lowest BCUT2D eigenvalue weighted by Crippen LogP contribution is -2.49. The van der Waals surface area contributed by atoms with E-state index in [1.54, 1.807) is 16.4 Å². The third-order valence-corrected chi connectivity index (χ3v) is 7.91. The lowest BCUT2D eigenvalue weighted by atomic mass is 10.0. The van der Waals surface area contributed by atoms with Gasteiger partial charge in [-0.25, -0.2) is 8.42 Å². The van der Waals surface area contributed by atoms with Gasteiger partial charge in [-0.1, -0.05) is 42.0 Å². The molecule has 1 aliphatic heterocycles. The summed E-state index contributed by atoms with van der Waals surface area (Å²) in [6.45, 7) is 11.1. The molecule has 1 aliphatic rings. The molecule has 0 radical (unpaired) electrons. The Labute approximate surface area is 185 Å². The summed E-state index contributed by atoms with van der Waals surface area (Å²) in [5.41, 5.74) is 4.97. The second kappa shape index (κ2) is 8.52. The number of nitrogens with zero attached hydrogens (tertiary/aromatic N) is 2. The van der Waals surface area contributed by atoms with Crippen LogP contribution in [-0.4, -0.2) is 45.5 Å². The predicted octanol–water partition coefficient (Wildman–Crippen LogP) is 4.67. The number of hydrogen-bond acceptors (Lipinski definition) is 4. The van der Waals surface area contributed by atoms with Crippen LogP contribution >= 0.6 is 0 Å². The second-order valence-electron chi connectivity index (χ2n) is 8.18. The Hall–Kier alpha value is -2.57. The van der Waals surface area contributed by atoms with Crippen LogP contribution in [0.15, 0.2) is 53.4 Å². The molecule has 1 saturated heterocycles. The average molecular weight is 439 g/mol. The van der Waals surface area contributed by atoms with Crippen LogP contribution in [0.25, 0.3) is 10.8 Å². The van der Waals surface area contributed by atoms with Crippen LogP contribution in [0.4, 0.5) is 5.69 Å². The number of fused-ring (bicyclic) bond motifs is 1. The minimum Gasteiger partial charge on any atom is -0.493 e. The average Bonchev–Trinajstić information content (AvgIpc) is 2.74. The molecule has 1 heterocycles. The zero-order valence-electron chi connectivity index (χ0n) is 18.7. The molecular weight excluding hydrogens is 408 g/mol. The van der Waals surface area contributed by atoms with Crippen LogP contribution < -0.4 is 9.64 Å². The van der Waals surface area contributed by atoms with Crippen molar-refractivity contribution in [2.75, 3.05) is 37.7 Å². The monoisotopic (exact) mass is 438 g/mol. The Bertz CT molecular complexity index is 1190. The smallest absolute Gasteiger partial charge is 0.243 e. The largest absolute Gasteiger partial charge is 0.493 e. The first kappa shape index (κ1) is 21.7. The molecule has 5 nitrogen and oxygen atoms in total. The molecule has 0 saturated carbocycles. The summed E-state index contributed by atoms with van der Waals surface area (Å²) < 4.78 is 34.4. The summed E-state index contributed by atoms with van der Waals surface area (Å²) in [4.78, 5) is 2.66. The van der Waals surface area contributed by atoms with Crippen molar-refractivity contribution < 1.29 is 13.2 Å². The van der Waals surface area contributed by atoms with Crippen LogP contribution in [0.3, 0.4) is 0 Å². The maximum absolute atomic E-state index is 13.6. The van der Waals surface area contributed by atoms with Crippen molar-refractivity contribution in [2.24, 2.45) is 0 Å². The van der Waals surface area contributed by atoms with Crippen molar-refractivity contribution in [1.82, 2.24) is 4.31 Å². The number of sulfonamides is 1. The molecule has 4 rings (SSSR count). The quantitative estimate of drug-likeness (QED) is 0.581. The third kappa shape index (κ3) is 4.02. The van der Waals surface area contributed by atoms with Gasteiger partial charge in [0.25, 0.3) is 0 Å². The van der Waals surface area contributed by atoms with Crippen molar-refractivity contribution in [3.8, 4) is 5.75 Å². The first-order valence-corrected chi connectivity index (χ1v) is 12.2. The van der Waals surface area contributed by atoms with E-state index >= 15 is 0 Å². The topological polar surface area (TPSA) is 49.9 Å². The second-order valence-corrected chi connectivity index (χ2v) is 10.1. The SMILES string of the molecule is CCOc1ccc(S(=O)(=O)N2CCN(c3c(C)cc(C)cc3C)CC2)c2ccccc12. The molecular formula is C25H30N2O3S. The standard InChI is InChI=1S/C25H30N2O3S/c1-5-30-23-10-11-24(22-9-7-6-8-21(22)23)31(28,29)27-14-12-26(13-15-27)25-19(3)16-18(2)17-20(25)4/h6-11,16-17H,5,12-15H2,1-4H3. The lowest BCUT2D eigenvalue weighted by molar-refractivity contribution is 0.344. The van der Waals surface area contributed by atoms with Gasteiger partial charge in [0.05, 0.1) is 11.5 Å². The molecule has 0 unspecified atom stereocenters. The number of hydrogen-bond donors (Lipinski definition) is 0. The molecule has 0 amide bonds. The normalized spacial score (nSPS) is 15.4.